The molecule has 2 rings (SSSR count). The van der Waals surface area contributed by atoms with Crippen LogP contribution in [0.2, 0.25) is 0 Å². The third kappa shape index (κ3) is 4.30. The molecule has 1 unspecified atom stereocenters. The van der Waals surface area contributed by atoms with Crippen LogP contribution in [0.5, 0.6) is 5.75 Å². The largest absolute Gasteiger partial charge is 0.489 e. The summed E-state index contributed by atoms with van der Waals surface area (Å²) in [4.78, 5) is 11.4. The number of rotatable bonds is 6. The molecule has 0 aliphatic heterocycles. The highest BCUT2D eigenvalue weighted by Crippen LogP contribution is 2.21. The van der Waals surface area contributed by atoms with Crippen LogP contribution in [0.1, 0.15) is 11.1 Å². The Labute approximate surface area is 128 Å². The van der Waals surface area contributed by atoms with E-state index in [-0.39, 0.29) is 12.4 Å². The van der Waals surface area contributed by atoms with Gasteiger partial charge in [-0.2, -0.15) is 0 Å². The van der Waals surface area contributed by atoms with Gasteiger partial charge in [-0.05, 0) is 29.3 Å². The van der Waals surface area contributed by atoms with E-state index in [4.69, 9.17) is 10.5 Å². The maximum absolute atomic E-state index is 13.1. The Balaban J connectivity index is 2.06. The summed E-state index contributed by atoms with van der Waals surface area (Å²) in [7, 11) is 1.30. The van der Waals surface area contributed by atoms with E-state index in [1.807, 2.05) is 18.2 Å². The van der Waals surface area contributed by atoms with Gasteiger partial charge in [-0.3, -0.25) is 4.79 Å². The van der Waals surface area contributed by atoms with Gasteiger partial charge in [0.15, 0.2) is 0 Å². The second-order valence-corrected chi connectivity index (χ2v) is 4.86. The molecule has 0 bridgehead atoms. The zero-order valence-corrected chi connectivity index (χ0v) is 12.3. The van der Waals surface area contributed by atoms with Gasteiger partial charge in [0, 0.05) is 6.42 Å². The summed E-state index contributed by atoms with van der Waals surface area (Å²) < 4.78 is 23.5. The van der Waals surface area contributed by atoms with E-state index in [1.54, 1.807) is 18.2 Å². The quantitative estimate of drug-likeness (QED) is 0.833. The second kappa shape index (κ2) is 7.56. The number of benzene rings is 2. The lowest BCUT2D eigenvalue weighted by Gasteiger charge is -2.14. The van der Waals surface area contributed by atoms with Crippen molar-refractivity contribution in [3.05, 3.63) is 65.5 Å². The van der Waals surface area contributed by atoms with Crippen LogP contribution in [0.4, 0.5) is 4.39 Å². The summed E-state index contributed by atoms with van der Waals surface area (Å²) in [5, 5.41) is 0. The van der Waals surface area contributed by atoms with Crippen molar-refractivity contribution in [1.29, 1.82) is 0 Å². The fraction of sp³-hybridized carbons (Fsp3) is 0.235. The van der Waals surface area contributed by atoms with Gasteiger partial charge >= 0.3 is 5.97 Å². The molecule has 0 saturated carbocycles. The molecule has 1 atom stereocenters. The molecule has 0 aliphatic carbocycles. The zero-order chi connectivity index (χ0) is 15.9. The van der Waals surface area contributed by atoms with Crippen LogP contribution in [0, 0.1) is 5.82 Å². The number of carbonyl (C=O) groups is 1. The molecule has 2 aromatic carbocycles. The predicted octanol–water partition coefficient (Wildman–Crippen LogP) is 2.45. The lowest BCUT2D eigenvalue weighted by Crippen LogP contribution is -2.33. The molecule has 116 valence electrons. The van der Waals surface area contributed by atoms with Gasteiger partial charge in [-0.25, -0.2) is 4.39 Å². The minimum Gasteiger partial charge on any atom is -0.489 e. The molecule has 0 heterocycles. The first kappa shape index (κ1) is 16.0. The first-order valence-electron chi connectivity index (χ1n) is 6.88. The number of ether oxygens (including phenoxy) is 2. The Kier molecular flexibility index (Phi) is 5.49. The molecule has 5 heteroatoms. The van der Waals surface area contributed by atoms with Gasteiger partial charge in [0.1, 0.15) is 24.2 Å². The van der Waals surface area contributed by atoms with Gasteiger partial charge in [0.25, 0.3) is 0 Å². The molecule has 2 aromatic rings. The van der Waals surface area contributed by atoms with Crippen molar-refractivity contribution in [2.45, 2.75) is 19.1 Å². The topological polar surface area (TPSA) is 61.5 Å². The fourth-order valence-corrected chi connectivity index (χ4v) is 2.07. The van der Waals surface area contributed by atoms with Crippen molar-refractivity contribution < 1.29 is 18.7 Å². The Hall–Kier alpha value is -2.40. The predicted molar refractivity (Wildman–Crippen MR) is 80.9 cm³/mol. The number of methoxy groups -OCH3 is 1. The third-order valence-electron chi connectivity index (χ3n) is 3.20. The molecule has 0 spiro atoms. The second-order valence-electron chi connectivity index (χ2n) is 4.86. The van der Waals surface area contributed by atoms with Crippen molar-refractivity contribution in [1.82, 2.24) is 0 Å². The van der Waals surface area contributed by atoms with Crippen LogP contribution in [0.3, 0.4) is 0 Å². The Morgan fingerprint density at radius 2 is 2.00 bits per heavy atom. The number of carbonyl (C=O) groups excluding carboxylic acids is 1. The minimum atomic E-state index is -0.746. The molecule has 22 heavy (non-hydrogen) atoms. The van der Waals surface area contributed by atoms with Crippen LogP contribution >= 0.6 is 0 Å². The highest BCUT2D eigenvalue weighted by Gasteiger charge is 2.16. The summed E-state index contributed by atoms with van der Waals surface area (Å²) >= 11 is 0. The summed E-state index contributed by atoms with van der Waals surface area (Å²) in [5.74, 6) is -0.159. The van der Waals surface area contributed by atoms with Gasteiger partial charge in [0.05, 0.1) is 7.11 Å². The maximum atomic E-state index is 13.1. The van der Waals surface area contributed by atoms with Crippen molar-refractivity contribution in [3.8, 4) is 5.75 Å². The average Bonchev–Trinajstić information content (AvgIpc) is 2.53. The number of halogens is 1. The summed E-state index contributed by atoms with van der Waals surface area (Å²) in [5.41, 5.74) is 7.31. The maximum Gasteiger partial charge on any atom is 0.322 e. The summed E-state index contributed by atoms with van der Waals surface area (Å²) in [6.07, 6.45) is 0.312. The molecule has 2 N–H and O–H groups in total. The highest BCUT2D eigenvalue weighted by molar-refractivity contribution is 5.75. The number of hydrogen-bond donors (Lipinski definition) is 1. The molecule has 4 nitrogen and oxygen atoms in total. The zero-order valence-electron chi connectivity index (χ0n) is 12.3. The molecule has 0 aromatic heterocycles. The molecule has 0 fully saturated rings. The number of esters is 1. The van der Waals surface area contributed by atoms with Crippen LogP contribution in [-0.2, 0) is 22.6 Å². The lowest BCUT2D eigenvalue weighted by atomic mass is 10.1. The first-order valence-corrected chi connectivity index (χ1v) is 6.88. The van der Waals surface area contributed by atoms with Crippen molar-refractivity contribution in [2.24, 2.45) is 5.73 Å². The van der Waals surface area contributed by atoms with E-state index in [1.165, 1.54) is 19.2 Å². The van der Waals surface area contributed by atoms with Crippen LogP contribution < -0.4 is 10.5 Å². The fourth-order valence-electron chi connectivity index (χ4n) is 2.07. The van der Waals surface area contributed by atoms with Crippen LogP contribution in [0.15, 0.2) is 48.5 Å². The Bertz CT molecular complexity index is 645. The number of nitrogens with two attached hydrogens (primary N) is 1. The van der Waals surface area contributed by atoms with Gasteiger partial charge < -0.3 is 15.2 Å². The van der Waals surface area contributed by atoms with E-state index >= 15 is 0 Å². The monoisotopic (exact) mass is 303 g/mol. The minimum absolute atomic E-state index is 0.238. The Morgan fingerprint density at radius 3 is 2.73 bits per heavy atom. The van der Waals surface area contributed by atoms with Crippen molar-refractivity contribution in [3.63, 3.8) is 0 Å². The van der Waals surface area contributed by atoms with Gasteiger partial charge in [-0.1, -0.05) is 30.3 Å². The standard InChI is InChI=1S/C17H18FNO3/c1-21-17(20)15(19)10-13-6-2-3-8-16(13)22-11-12-5-4-7-14(18)9-12/h2-9,15H,10-11,19H2,1H3. The normalized spacial score (nSPS) is 11.8. The summed E-state index contributed by atoms with van der Waals surface area (Å²) in [6, 6.07) is 12.8. The smallest absolute Gasteiger partial charge is 0.322 e. The lowest BCUT2D eigenvalue weighted by molar-refractivity contribution is -0.142. The van der Waals surface area contributed by atoms with E-state index in [0.29, 0.717) is 12.2 Å². The third-order valence-corrected chi connectivity index (χ3v) is 3.20. The molecule has 0 saturated heterocycles. The van der Waals surface area contributed by atoms with Gasteiger partial charge in [-0.15, -0.1) is 0 Å². The van der Waals surface area contributed by atoms with E-state index in [2.05, 4.69) is 4.74 Å². The Morgan fingerprint density at radius 1 is 1.23 bits per heavy atom. The molecule has 0 radical (unpaired) electrons. The van der Waals surface area contributed by atoms with Crippen molar-refractivity contribution in [2.75, 3.05) is 7.11 Å². The molecular formula is C17H18FNO3. The highest BCUT2D eigenvalue weighted by atomic mass is 19.1. The first-order chi connectivity index (χ1) is 10.6. The van der Waals surface area contributed by atoms with E-state index in [0.717, 1.165) is 11.1 Å². The van der Waals surface area contributed by atoms with Crippen LogP contribution in [-0.4, -0.2) is 19.1 Å². The van der Waals surface area contributed by atoms with Crippen molar-refractivity contribution >= 4 is 5.97 Å². The average molecular weight is 303 g/mol. The van der Waals surface area contributed by atoms with Crippen LogP contribution in [0.25, 0.3) is 0 Å². The SMILES string of the molecule is COC(=O)C(N)Cc1ccccc1OCc1cccc(F)c1. The van der Waals surface area contributed by atoms with E-state index < -0.39 is 12.0 Å². The number of para-hydroxylation sites is 1. The molecule has 0 aliphatic rings. The molecule has 0 amide bonds. The number of hydrogen-bond acceptors (Lipinski definition) is 4. The summed E-state index contributed by atoms with van der Waals surface area (Å²) in [6.45, 7) is 0.238. The van der Waals surface area contributed by atoms with Gasteiger partial charge in [0.2, 0.25) is 0 Å². The molecular weight excluding hydrogens is 285 g/mol. The van der Waals surface area contributed by atoms with E-state index in [9.17, 15) is 9.18 Å².